The fourth-order valence-corrected chi connectivity index (χ4v) is 4.90. The van der Waals surface area contributed by atoms with E-state index in [9.17, 15) is 14.0 Å². The molecule has 0 unspecified atom stereocenters. The van der Waals surface area contributed by atoms with Gasteiger partial charge in [0.05, 0.1) is 23.0 Å². The summed E-state index contributed by atoms with van der Waals surface area (Å²) in [4.78, 5) is 26.8. The molecule has 0 aliphatic carbocycles. The molecule has 0 spiro atoms. The number of nitrogens with zero attached hydrogens (tertiary/aromatic N) is 1. The minimum absolute atomic E-state index is 0.0184. The van der Waals surface area contributed by atoms with Crippen LogP contribution in [-0.2, 0) is 11.4 Å². The Labute approximate surface area is 221 Å². The van der Waals surface area contributed by atoms with Crippen molar-refractivity contribution in [3.8, 4) is 17.2 Å². The number of benzene rings is 3. The molecule has 0 radical (unpaired) electrons. The van der Waals surface area contributed by atoms with Gasteiger partial charge in [0.15, 0.2) is 11.5 Å². The Bertz CT molecular complexity index is 1310. The van der Waals surface area contributed by atoms with Gasteiger partial charge < -0.3 is 14.2 Å². The first-order valence-electron chi connectivity index (χ1n) is 11.0. The molecule has 186 valence electrons. The normalized spacial score (nSPS) is 14.4. The molecule has 2 amide bonds. The Morgan fingerprint density at radius 1 is 1.06 bits per heavy atom. The average molecular weight is 572 g/mol. The zero-order valence-corrected chi connectivity index (χ0v) is 22.0. The predicted molar refractivity (Wildman–Crippen MR) is 141 cm³/mol. The summed E-state index contributed by atoms with van der Waals surface area (Å²) in [6, 6.07) is 17.4. The van der Waals surface area contributed by atoms with Crippen molar-refractivity contribution in [2.45, 2.75) is 13.5 Å². The van der Waals surface area contributed by atoms with E-state index in [0.29, 0.717) is 37.8 Å². The van der Waals surface area contributed by atoms with Crippen LogP contribution in [0.15, 0.2) is 70.0 Å². The number of halogens is 2. The first-order valence-corrected chi connectivity index (χ1v) is 12.6. The Balaban J connectivity index is 1.44. The highest BCUT2D eigenvalue weighted by Crippen LogP contribution is 2.39. The van der Waals surface area contributed by atoms with Gasteiger partial charge in [-0.05, 0) is 76.6 Å². The third-order valence-corrected chi connectivity index (χ3v) is 6.85. The van der Waals surface area contributed by atoms with Crippen molar-refractivity contribution < 1.29 is 28.2 Å². The fraction of sp³-hybridized carbons (Fsp3) is 0.185. The molecule has 0 aromatic heterocycles. The number of hydrogen-bond donors (Lipinski definition) is 0. The number of amides is 2. The van der Waals surface area contributed by atoms with Crippen molar-refractivity contribution in [1.82, 2.24) is 4.90 Å². The highest BCUT2D eigenvalue weighted by molar-refractivity contribution is 9.10. The van der Waals surface area contributed by atoms with Crippen LogP contribution in [-0.4, -0.2) is 36.3 Å². The lowest BCUT2D eigenvalue weighted by atomic mass is 10.1. The van der Waals surface area contributed by atoms with Crippen LogP contribution in [0.3, 0.4) is 0 Å². The molecule has 0 N–H and O–H groups in total. The number of methoxy groups -OCH3 is 1. The van der Waals surface area contributed by atoms with Crippen LogP contribution in [0.1, 0.15) is 16.7 Å². The first-order chi connectivity index (χ1) is 17.4. The minimum Gasteiger partial charge on any atom is -0.493 e. The second kappa shape index (κ2) is 11.6. The zero-order valence-electron chi connectivity index (χ0n) is 19.6. The molecule has 4 rings (SSSR count). The molecular formula is C27H23BrFNO5S. The number of carbonyl (C=O) groups excluding carboxylic acids is 2. The number of ether oxygens (including phenoxy) is 3. The van der Waals surface area contributed by atoms with Gasteiger partial charge in [-0.2, -0.15) is 0 Å². The molecule has 3 aromatic rings. The Hall–Kier alpha value is -3.30. The summed E-state index contributed by atoms with van der Waals surface area (Å²) in [5.41, 5.74) is 2.17. The molecular weight excluding hydrogens is 549 g/mol. The summed E-state index contributed by atoms with van der Waals surface area (Å²) < 4.78 is 31.4. The van der Waals surface area contributed by atoms with Crippen LogP contribution in [0.2, 0.25) is 0 Å². The molecule has 1 heterocycles. The summed E-state index contributed by atoms with van der Waals surface area (Å²) in [6.45, 7) is 2.34. The summed E-state index contributed by atoms with van der Waals surface area (Å²) in [6.07, 6.45) is 1.62. The van der Waals surface area contributed by atoms with Crippen molar-refractivity contribution in [1.29, 1.82) is 0 Å². The van der Waals surface area contributed by atoms with Gasteiger partial charge in [-0.3, -0.25) is 14.5 Å². The van der Waals surface area contributed by atoms with E-state index >= 15 is 0 Å². The molecule has 0 saturated carbocycles. The quantitative estimate of drug-likeness (QED) is 0.269. The molecule has 0 atom stereocenters. The number of rotatable bonds is 9. The van der Waals surface area contributed by atoms with Crippen molar-refractivity contribution in [2.75, 3.05) is 20.3 Å². The van der Waals surface area contributed by atoms with Crippen LogP contribution >= 0.6 is 27.7 Å². The maximum Gasteiger partial charge on any atom is 0.293 e. The minimum atomic E-state index is -0.382. The van der Waals surface area contributed by atoms with E-state index in [1.165, 1.54) is 18.1 Å². The Kier molecular flexibility index (Phi) is 8.32. The fourth-order valence-electron chi connectivity index (χ4n) is 3.46. The van der Waals surface area contributed by atoms with Gasteiger partial charge in [-0.15, -0.1) is 0 Å². The number of imide groups is 1. The third kappa shape index (κ3) is 6.09. The molecule has 1 saturated heterocycles. The van der Waals surface area contributed by atoms with Crippen LogP contribution in [0.5, 0.6) is 17.2 Å². The van der Waals surface area contributed by atoms with Crippen molar-refractivity contribution in [2.24, 2.45) is 0 Å². The van der Waals surface area contributed by atoms with Crippen LogP contribution in [0.4, 0.5) is 9.18 Å². The largest absolute Gasteiger partial charge is 0.493 e. The standard InChI is InChI=1S/C27H23BrFNO5S/c1-17-7-9-20(10-8-17)34-12-11-30-26(31)24(36-27(30)32)15-18-13-21(28)25(23(14-18)33-2)35-16-19-5-3-4-6-22(19)29/h3-10,13-15H,11-12,16H2,1-2H3/b24-15-. The highest BCUT2D eigenvalue weighted by atomic mass is 79.9. The third-order valence-electron chi connectivity index (χ3n) is 5.36. The first kappa shape index (κ1) is 25.8. The summed E-state index contributed by atoms with van der Waals surface area (Å²) in [7, 11) is 1.49. The molecule has 6 nitrogen and oxygen atoms in total. The maximum absolute atomic E-state index is 13.9. The van der Waals surface area contributed by atoms with Gasteiger partial charge in [0.2, 0.25) is 0 Å². The van der Waals surface area contributed by atoms with E-state index < -0.39 is 0 Å². The number of aryl methyl sites for hydroxylation is 1. The van der Waals surface area contributed by atoms with Crippen molar-refractivity contribution in [3.63, 3.8) is 0 Å². The van der Waals surface area contributed by atoms with E-state index in [1.807, 2.05) is 31.2 Å². The predicted octanol–water partition coefficient (Wildman–Crippen LogP) is 6.60. The van der Waals surface area contributed by atoms with Crippen LogP contribution < -0.4 is 14.2 Å². The second-order valence-electron chi connectivity index (χ2n) is 7.91. The number of hydrogen-bond acceptors (Lipinski definition) is 6. The van der Waals surface area contributed by atoms with Crippen LogP contribution in [0.25, 0.3) is 6.08 Å². The van der Waals surface area contributed by atoms with E-state index in [4.69, 9.17) is 14.2 Å². The smallest absolute Gasteiger partial charge is 0.293 e. The zero-order chi connectivity index (χ0) is 25.7. The van der Waals surface area contributed by atoms with E-state index in [2.05, 4.69) is 15.9 Å². The van der Waals surface area contributed by atoms with Gasteiger partial charge >= 0.3 is 0 Å². The van der Waals surface area contributed by atoms with Gasteiger partial charge in [-0.25, -0.2) is 4.39 Å². The highest BCUT2D eigenvalue weighted by Gasteiger charge is 2.35. The number of carbonyl (C=O) groups is 2. The molecule has 3 aromatic carbocycles. The lowest BCUT2D eigenvalue weighted by molar-refractivity contribution is -0.123. The Morgan fingerprint density at radius 3 is 2.53 bits per heavy atom. The summed E-state index contributed by atoms with van der Waals surface area (Å²) in [5, 5.41) is -0.352. The molecule has 1 fully saturated rings. The van der Waals surface area contributed by atoms with Crippen LogP contribution in [0, 0.1) is 12.7 Å². The van der Waals surface area contributed by atoms with Crippen molar-refractivity contribution in [3.05, 3.63) is 92.5 Å². The van der Waals surface area contributed by atoms with E-state index in [-0.39, 0.29) is 36.7 Å². The van der Waals surface area contributed by atoms with Gasteiger partial charge in [0.1, 0.15) is 24.8 Å². The molecule has 0 bridgehead atoms. The van der Waals surface area contributed by atoms with E-state index in [1.54, 1.807) is 36.4 Å². The van der Waals surface area contributed by atoms with Crippen molar-refractivity contribution >= 4 is 44.9 Å². The van der Waals surface area contributed by atoms with E-state index in [0.717, 1.165) is 17.3 Å². The van der Waals surface area contributed by atoms with Gasteiger partial charge in [0.25, 0.3) is 11.1 Å². The van der Waals surface area contributed by atoms with Gasteiger partial charge in [0, 0.05) is 5.56 Å². The molecule has 9 heteroatoms. The monoisotopic (exact) mass is 571 g/mol. The summed E-state index contributed by atoms with van der Waals surface area (Å²) in [5.74, 6) is 0.742. The molecule has 1 aliphatic heterocycles. The average Bonchev–Trinajstić information content (AvgIpc) is 3.12. The molecule has 36 heavy (non-hydrogen) atoms. The topological polar surface area (TPSA) is 65.1 Å². The summed E-state index contributed by atoms with van der Waals surface area (Å²) >= 11 is 4.34. The second-order valence-corrected chi connectivity index (χ2v) is 9.76. The van der Waals surface area contributed by atoms with Gasteiger partial charge in [-0.1, -0.05) is 35.9 Å². The Morgan fingerprint density at radius 2 is 1.81 bits per heavy atom. The molecule has 1 aliphatic rings. The lowest BCUT2D eigenvalue weighted by Crippen LogP contribution is -2.32. The SMILES string of the molecule is COc1cc(/C=C2\SC(=O)N(CCOc3ccc(C)cc3)C2=O)cc(Br)c1OCc1ccccc1F. The maximum atomic E-state index is 13.9. The lowest BCUT2D eigenvalue weighted by Gasteiger charge is -2.14. The number of thioether (sulfide) groups is 1.